The Balaban J connectivity index is 1.54. The monoisotopic (exact) mass is 566 g/mol. The minimum absolute atomic E-state index is 0.0936. The number of amides is 1. The maximum atomic E-state index is 13.3. The molecule has 3 aromatic carbocycles. The summed E-state index contributed by atoms with van der Waals surface area (Å²) in [4.78, 5) is 20.2. The van der Waals surface area contributed by atoms with Crippen molar-refractivity contribution >= 4 is 50.5 Å². The number of thioether (sulfide) groups is 1. The van der Waals surface area contributed by atoms with Crippen LogP contribution in [0.4, 0.5) is 5.69 Å². The summed E-state index contributed by atoms with van der Waals surface area (Å²) in [6.07, 6.45) is 1.86. The molecule has 0 aromatic heterocycles. The van der Waals surface area contributed by atoms with E-state index in [0.29, 0.717) is 47.9 Å². The summed E-state index contributed by atoms with van der Waals surface area (Å²) in [7, 11) is 1.61. The predicted octanol–water partition coefficient (Wildman–Crippen LogP) is 6.68. The second kappa shape index (κ2) is 12.8. The van der Waals surface area contributed by atoms with E-state index in [1.54, 1.807) is 12.0 Å². The Bertz CT molecular complexity index is 1250. The molecule has 6 nitrogen and oxygen atoms in total. The highest BCUT2D eigenvalue weighted by Crippen LogP contribution is 2.36. The average Bonchev–Trinajstić information content (AvgIpc) is 3.18. The van der Waals surface area contributed by atoms with Crippen LogP contribution in [0.25, 0.3) is 6.08 Å². The van der Waals surface area contributed by atoms with Crippen molar-refractivity contribution < 1.29 is 19.0 Å². The number of halogens is 1. The molecule has 1 aliphatic heterocycles. The first-order valence-corrected chi connectivity index (χ1v) is 13.2. The van der Waals surface area contributed by atoms with Gasteiger partial charge < -0.3 is 14.2 Å². The maximum absolute atomic E-state index is 13.3. The number of benzene rings is 3. The summed E-state index contributed by atoms with van der Waals surface area (Å²) in [5, 5.41) is 0.638. The van der Waals surface area contributed by atoms with Gasteiger partial charge >= 0.3 is 0 Å². The van der Waals surface area contributed by atoms with Crippen LogP contribution in [0.3, 0.4) is 0 Å². The summed E-state index contributed by atoms with van der Waals surface area (Å²) in [5.74, 6) is 1.14. The summed E-state index contributed by atoms with van der Waals surface area (Å²) < 4.78 is 18.1. The lowest BCUT2D eigenvalue weighted by atomic mass is 10.1. The van der Waals surface area contributed by atoms with Crippen LogP contribution in [0.2, 0.25) is 0 Å². The third kappa shape index (κ3) is 6.78. The number of methoxy groups -OCH3 is 1. The van der Waals surface area contributed by atoms with Gasteiger partial charge in [0.05, 0.1) is 30.9 Å². The van der Waals surface area contributed by atoms with Gasteiger partial charge in [0.25, 0.3) is 5.91 Å². The first-order valence-electron chi connectivity index (χ1n) is 11.6. The molecule has 0 saturated carbocycles. The number of carbonyl (C=O) groups is 1. The number of hydrogen-bond acceptors (Lipinski definition) is 6. The molecule has 1 amide bonds. The molecule has 0 bridgehead atoms. The number of nitrogens with zero attached hydrogens (tertiary/aromatic N) is 2. The van der Waals surface area contributed by atoms with E-state index in [1.807, 2.05) is 85.8 Å². The molecule has 0 radical (unpaired) electrons. The quantitative estimate of drug-likeness (QED) is 0.202. The molecule has 186 valence electrons. The second-order valence-corrected chi connectivity index (χ2v) is 9.74. The van der Waals surface area contributed by atoms with Crippen molar-refractivity contribution in [2.24, 2.45) is 4.99 Å². The molecule has 3 aromatic rings. The molecule has 1 fully saturated rings. The lowest BCUT2D eigenvalue weighted by Gasteiger charge is -2.15. The Morgan fingerprint density at radius 2 is 1.81 bits per heavy atom. The lowest BCUT2D eigenvalue weighted by molar-refractivity contribution is -0.122. The highest BCUT2D eigenvalue weighted by atomic mass is 79.9. The molecular formula is C28H27BrN2O4S. The first kappa shape index (κ1) is 26.0. The van der Waals surface area contributed by atoms with Gasteiger partial charge in [0.15, 0.2) is 16.7 Å². The topological polar surface area (TPSA) is 60.4 Å². The molecule has 8 heteroatoms. The number of carbonyl (C=O) groups excluding carboxylic acids is 1. The van der Waals surface area contributed by atoms with Gasteiger partial charge in [-0.3, -0.25) is 9.69 Å². The Labute approximate surface area is 224 Å². The predicted molar refractivity (Wildman–Crippen MR) is 149 cm³/mol. The number of ether oxygens (including phenoxy) is 3. The van der Waals surface area contributed by atoms with Crippen molar-refractivity contribution in [3.63, 3.8) is 0 Å². The molecular weight excluding hydrogens is 540 g/mol. The van der Waals surface area contributed by atoms with Crippen molar-refractivity contribution in [2.45, 2.75) is 13.5 Å². The molecule has 1 saturated heterocycles. The Morgan fingerprint density at radius 3 is 2.53 bits per heavy atom. The zero-order chi connectivity index (χ0) is 25.3. The molecule has 1 aliphatic rings. The molecule has 0 unspecified atom stereocenters. The van der Waals surface area contributed by atoms with Crippen molar-refractivity contribution in [3.8, 4) is 11.5 Å². The van der Waals surface area contributed by atoms with Gasteiger partial charge in [-0.25, -0.2) is 4.99 Å². The third-order valence-electron chi connectivity index (χ3n) is 5.33. The second-order valence-electron chi connectivity index (χ2n) is 7.82. The molecule has 36 heavy (non-hydrogen) atoms. The SMILES string of the molecule is CCOCCN1C(=O)/C(=C/c2ccc(OCc3ccc(Br)cc3)c(OC)c2)SC1=Nc1ccccc1. The van der Waals surface area contributed by atoms with Gasteiger partial charge in [0, 0.05) is 11.1 Å². The number of para-hydroxylation sites is 1. The average molecular weight is 568 g/mol. The van der Waals surface area contributed by atoms with E-state index >= 15 is 0 Å². The van der Waals surface area contributed by atoms with Crippen LogP contribution in [0, 0.1) is 0 Å². The van der Waals surface area contributed by atoms with Gasteiger partial charge in [0.2, 0.25) is 0 Å². The number of hydrogen-bond donors (Lipinski definition) is 0. The zero-order valence-corrected chi connectivity index (χ0v) is 22.6. The molecule has 0 aliphatic carbocycles. The summed E-state index contributed by atoms with van der Waals surface area (Å²) in [6, 6.07) is 23.2. The minimum Gasteiger partial charge on any atom is -0.493 e. The smallest absolute Gasteiger partial charge is 0.266 e. The molecule has 0 N–H and O–H groups in total. The third-order valence-corrected chi connectivity index (χ3v) is 6.86. The number of amidine groups is 1. The van der Waals surface area contributed by atoms with Crippen LogP contribution >= 0.6 is 27.7 Å². The number of aliphatic imine (C=N–C) groups is 1. The van der Waals surface area contributed by atoms with Gasteiger partial charge in [0.1, 0.15) is 6.61 Å². The van der Waals surface area contributed by atoms with E-state index in [1.165, 1.54) is 11.8 Å². The van der Waals surface area contributed by atoms with E-state index in [-0.39, 0.29) is 5.91 Å². The van der Waals surface area contributed by atoms with Crippen molar-refractivity contribution in [2.75, 3.05) is 26.9 Å². The van der Waals surface area contributed by atoms with Crippen LogP contribution in [0.1, 0.15) is 18.1 Å². The van der Waals surface area contributed by atoms with E-state index in [2.05, 4.69) is 15.9 Å². The lowest BCUT2D eigenvalue weighted by Crippen LogP contribution is -2.32. The molecule has 0 atom stereocenters. The Morgan fingerprint density at radius 1 is 1.03 bits per heavy atom. The van der Waals surface area contributed by atoms with E-state index < -0.39 is 0 Å². The van der Waals surface area contributed by atoms with Crippen LogP contribution in [-0.4, -0.2) is 42.8 Å². The Kier molecular flexibility index (Phi) is 9.22. The normalized spacial score (nSPS) is 15.6. The van der Waals surface area contributed by atoms with Crippen LogP contribution in [0.15, 0.2) is 87.2 Å². The highest BCUT2D eigenvalue weighted by molar-refractivity contribution is 9.10. The van der Waals surface area contributed by atoms with Crippen LogP contribution < -0.4 is 9.47 Å². The van der Waals surface area contributed by atoms with Gasteiger partial charge in [-0.2, -0.15) is 0 Å². The highest BCUT2D eigenvalue weighted by Gasteiger charge is 2.33. The maximum Gasteiger partial charge on any atom is 0.266 e. The van der Waals surface area contributed by atoms with Gasteiger partial charge in [-0.15, -0.1) is 0 Å². The van der Waals surface area contributed by atoms with Crippen molar-refractivity contribution in [1.29, 1.82) is 0 Å². The van der Waals surface area contributed by atoms with Crippen molar-refractivity contribution in [1.82, 2.24) is 4.90 Å². The summed E-state index contributed by atoms with van der Waals surface area (Å²) in [6.45, 7) is 3.84. The van der Waals surface area contributed by atoms with E-state index in [9.17, 15) is 4.79 Å². The zero-order valence-electron chi connectivity index (χ0n) is 20.1. The Hall–Kier alpha value is -3.07. The standard InChI is InChI=1S/C28H27BrN2O4S/c1-3-34-16-15-31-27(32)26(36-28(31)30-23-7-5-4-6-8-23)18-21-11-14-24(25(17-21)33-2)35-19-20-9-12-22(29)13-10-20/h4-14,17-18H,3,15-16,19H2,1-2H3/b26-18-,30-28?. The van der Waals surface area contributed by atoms with Crippen LogP contribution in [-0.2, 0) is 16.1 Å². The fraction of sp³-hybridized carbons (Fsp3) is 0.214. The number of rotatable bonds is 10. The van der Waals surface area contributed by atoms with E-state index in [4.69, 9.17) is 19.2 Å². The fourth-order valence-electron chi connectivity index (χ4n) is 3.49. The molecule has 0 spiro atoms. The molecule has 4 rings (SSSR count). The van der Waals surface area contributed by atoms with Crippen molar-refractivity contribution in [3.05, 3.63) is 93.3 Å². The van der Waals surface area contributed by atoms with Gasteiger partial charge in [-0.05, 0) is 72.3 Å². The first-order chi connectivity index (χ1) is 17.6. The molecule has 1 heterocycles. The van der Waals surface area contributed by atoms with Crippen LogP contribution in [0.5, 0.6) is 11.5 Å². The largest absolute Gasteiger partial charge is 0.493 e. The minimum atomic E-state index is -0.0936. The fourth-order valence-corrected chi connectivity index (χ4v) is 4.78. The van der Waals surface area contributed by atoms with E-state index in [0.717, 1.165) is 21.3 Å². The van der Waals surface area contributed by atoms with Gasteiger partial charge in [-0.1, -0.05) is 52.3 Å². The summed E-state index contributed by atoms with van der Waals surface area (Å²) in [5.41, 5.74) is 2.69. The summed E-state index contributed by atoms with van der Waals surface area (Å²) >= 11 is 4.80.